The van der Waals surface area contributed by atoms with Crippen LogP contribution in [0.5, 0.6) is 11.6 Å². The molecule has 0 aliphatic rings. The Labute approximate surface area is 126 Å². The van der Waals surface area contributed by atoms with Crippen molar-refractivity contribution in [2.75, 3.05) is 11.9 Å². The third-order valence-electron chi connectivity index (χ3n) is 2.95. The maximum Gasteiger partial charge on any atom is 0.232 e. The van der Waals surface area contributed by atoms with Gasteiger partial charge in [-0.05, 0) is 36.1 Å². The molecular formula is C15H15N3O2S. The van der Waals surface area contributed by atoms with Crippen molar-refractivity contribution in [1.82, 2.24) is 9.97 Å². The highest BCUT2D eigenvalue weighted by Gasteiger charge is 2.10. The zero-order valence-electron chi connectivity index (χ0n) is 11.5. The van der Waals surface area contributed by atoms with Crippen molar-refractivity contribution in [3.63, 3.8) is 0 Å². The number of anilines is 1. The van der Waals surface area contributed by atoms with E-state index in [9.17, 15) is 0 Å². The van der Waals surface area contributed by atoms with Gasteiger partial charge in [-0.25, -0.2) is 4.98 Å². The van der Waals surface area contributed by atoms with E-state index in [1.54, 1.807) is 11.3 Å². The molecule has 0 unspecified atom stereocenters. The fourth-order valence-corrected chi connectivity index (χ4v) is 2.67. The number of thiophene rings is 1. The maximum absolute atomic E-state index is 9.06. The van der Waals surface area contributed by atoms with Gasteiger partial charge in [0.25, 0.3) is 0 Å². The SMILES string of the molecule is CCNc1nc(Oc2ccc(CO)cc2)c2ccsc2n1. The number of aromatic nitrogens is 2. The standard InChI is InChI=1S/C15H15N3O2S/c1-2-16-15-17-13(12-7-8-21-14(12)18-15)20-11-5-3-10(9-19)4-6-11/h3-8,19H,2,9H2,1H3,(H,16,17,18). The maximum atomic E-state index is 9.06. The molecule has 0 aliphatic carbocycles. The van der Waals surface area contributed by atoms with Gasteiger partial charge in [-0.1, -0.05) is 12.1 Å². The van der Waals surface area contributed by atoms with Crippen LogP contribution in [0.3, 0.4) is 0 Å². The van der Waals surface area contributed by atoms with Crippen LogP contribution in [0.25, 0.3) is 10.2 Å². The number of hydrogen-bond donors (Lipinski definition) is 2. The molecule has 0 radical (unpaired) electrons. The van der Waals surface area contributed by atoms with Gasteiger partial charge in [-0.3, -0.25) is 0 Å². The molecule has 0 spiro atoms. The Hall–Kier alpha value is -2.18. The van der Waals surface area contributed by atoms with E-state index in [1.807, 2.05) is 42.6 Å². The van der Waals surface area contributed by atoms with Crippen LogP contribution in [-0.2, 0) is 6.61 Å². The van der Waals surface area contributed by atoms with Crippen molar-refractivity contribution in [1.29, 1.82) is 0 Å². The molecule has 6 heteroatoms. The Morgan fingerprint density at radius 1 is 1.19 bits per heavy atom. The fourth-order valence-electron chi connectivity index (χ4n) is 1.92. The largest absolute Gasteiger partial charge is 0.438 e. The van der Waals surface area contributed by atoms with E-state index in [0.717, 1.165) is 22.3 Å². The summed E-state index contributed by atoms with van der Waals surface area (Å²) in [7, 11) is 0. The molecule has 0 fully saturated rings. The fraction of sp³-hybridized carbons (Fsp3) is 0.200. The molecule has 0 atom stereocenters. The van der Waals surface area contributed by atoms with E-state index in [4.69, 9.17) is 9.84 Å². The summed E-state index contributed by atoms with van der Waals surface area (Å²) in [5, 5.41) is 15.0. The minimum absolute atomic E-state index is 0.0210. The van der Waals surface area contributed by atoms with Crippen molar-refractivity contribution in [2.24, 2.45) is 0 Å². The van der Waals surface area contributed by atoms with Gasteiger partial charge in [0.05, 0.1) is 12.0 Å². The average molecular weight is 301 g/mol. The molecule has 0 saturated heterocycles. The molecule has 1 aromatic carbocycles. The van der Waals surface area contributed by atoms with Gasteiger partial charge in [0.15, 0.2) is 0 Å². The van der Waals surface area contributed by atoms with Crippen LogP contribution in [-0.4, -0.2) is 21.6 Å². The molecule has 108 valence electrons. The third kappa shape index (κ3) is 2.96. The quantitative estimate of drug-likeness (QED) is 0.756. The number of nitrogens with zero attached hydrogens (tertiary/aromatic N) is 2. The summed E-state index contributed by atoms with van der Waals surface area (Å²) in [5.74, 6) is 1.78. The van der Waals surface area contributed by atoms with Crippen molar-refractivity contribution >= 4 is 27.5 Å². The summed E-state index contributed by atoms with van der Waals surface area (Å²) >= 11 is 1.55. The first kappa shape index (κ1) is 13.8. The minimum atomic E-state index is 0.0210. The Balaban J connectivity index is 1.95. The van der Waals surface area contributed by atoms with E-state index < -0.39 is 0 Å². The molecular weight excluding hydrogens is 286 g/mol. The van der Waals surface area contributed by atoms with Crippen LogP contribution in [0.15, 0.2) is 35.7 Å². The van der Waals surface area contributed by atoms with E-state index in [0.29, 0.717) is 17.6 Å². The van der Waals surface area contributed by atoms with Crippen molar-refractivity contribution < 1.29 is 9.84 Å². The molecule has 2 heterocycles. The van der Waals surface area contributed by atoms with Crippen molar-refractivity contribution in [3.8, 4) is 11.6 Å². The average Bonchev–Trinajstić information content (AvgIpc) is 2.97. The summed E-state index contributed by atoms with van der Waals surface area (Å²) in [6, 6.07) is 9.24. The lowest BCUT2D eigenvalue weighted by atomic mass is 10.2. The first-order valence-electron chi connectivity index (χ1n) is 6.67. The number of aliphatic hydroxyl groups is 1. The Morgan fingerprint density at radius 2 is 2.00 bits per heavy atom. The first-order chi connectivity index (χ1) is 10.3. The number of nitrogens with one attached hydrogen (secondary N) is 1. The predicted molar refractivity (Wildman–Crippen MR) is 84.0 cm³/mol. The summed E-state index contributed by atoms with van der Waals surface area (Å²) in [5.41, 5.74) is 0.846. The molecule has 3 rings (SSSR count). The predicted octanol–water partition coefficient (Wildman–Crippen LogP) is 3.41. The van der Waals surface area contributed by atoms with Crippen molar-refractivity contribution in [3.05, 3.63) is 41.3 Å². The number of aliphatic hydroxyl groups excluding tert-OH is 1. The highest BCUT2D eigenvalue weighted by Crippen LogP contribution is 2.31. The second-order valence-corrected chi connectivity index (χ2v) is 5.32. The lowest BCUT2D eigenvalue weighted by molar-refractivity contribution is 0.281. The van der Waals surface area contributed by atoms with Crippen LogP contribution in [0, 0.1) is 0 Å². The Kier molecular flexibility index (Phi) is 3.98. The Morgan fingerprint density at radius 3 is 2.71 bits per heavy atom. The summed E-state index contributed by atoms with van der Waals surface area (Å²) < 4.78 is 5.87. The molecule has 2 N–H and O–H groups in total. The van der Waals surface area contributed by atoms with Crippen LogP contribution in [0.1, 0.15) is 12.5 Å². The first-order valence-corrected chi connectivity index (χ1v) is 7.55. The van der Waals surface area contributed by atoms with Crippen LogP contribution < -0.4 is 10.1 Å². The van der Waals surface area contributed by atoms with Gasteiger partial charge in [-0.15, -0.1) is 11.3 Å². The smallest absolute Gasteiger partial charge is 0.232 e. The van der Waals surface area contributed by atoms with E-state index in [-0.39, 0.29) is 6.61 Å². The number of rotatable bonds is 5. The molecule has 3 aromatic rings. The zero-order chi connectivity index (χ0) is 14.7. The molecule has 5 nitrogen and oxygen atoms in total. The number of ether oxygens (including phenoxy) is 1. The number of hydrogen-bond acceptors (Lipinski definition) is 6. The number of benzene rings is 1. The molecule has 0 amide bonds. The lowest BCUT2D eigenvalue weighted by Gasteiger charge is -2.08. The molecule has 2 aromatic heterocycles. The van der Waals surface area contributed by atoms with Gasteiger partial charge >= 0.3 is 0 Å². The molecule has 0 bridgehead atoms. The van der Waals surface area contributed by atoms with Gasteiger partial charge in [0.1, 0.15) is 10.6 Å². The van der Waals surface area contributed by atoms with E-state index >= 15 is 0 Å². The molecule has 21 heavy (non-hydrogen) atoms. The summed E-state index contributed by atoms with van der Waals surface area (Å²) in [6.07, 6.45) is 0. The van der Waals surface area contributed by atoms with Crippen molar-refractivity contribution in [2.45, 2.75) is 13.5 Å². The lowest BCUT2D eigenvalue weighted by Crippen LogP contribution is -2.02. The minimum Gasteiger partial charge on any atom is -0.438 e. The molecule has 0 saturated carbocycles. The second-order valence-electron chi connectivity index (χ2n) is 4.43. The zero-order valence-corrected chi connectivity index (χ0v) is 12.4. The van der Waals surface area contributed by atoms with Gasteiger partial charge in [0.2, 0.25) is 11.8 Å². The highest BCUT2D eigenvalue weighted by atomic mass is 32.1. The van der Waals surface area contributed by atoms with Gasteiger partial charge < -0.3 is 15.2 Å². The Bertz CT molecular complexity index is 740. The molecule has 0 aliphatic heterocycles. The topological polar surface area (TPSA) is 67.3 Å². The monoisotopic (exact) mass is 301 g/mol. The normalized spacial score (nSPS) is 10.8. The van der Waals surface area contributed by atoms with Crippen LogP contribution in [0.2, 0.25) is 0 Å². The summed E-state index contributed by atoms with van der Waals surface area (Å²) in [6.45, 7) is 2.77. The van der Waals surface area contributed by atoms with E-state index in [2.05, 4.69) is 15.3 Å². The van der Waals surface area contributed by atoms with E-state index in [1.165, 1.54) is 0 Å². The van der Waals surface area contributed by atoms with Gasteiger partial charge in [0, 0.05) is 6.54 Å². The second kappa shape index (κ2) is 6.07. The highest BCUT2D eigenvalue weighted by molar-refractivity contribution is 7.16. The van der Waals surface area contributed by atoms with Gasteiger partial charge in [-0.2, -0.15) is 4.98 Å². The number of fused-ring (bicyclic) bond motifs is 1. The third-order valence-corrected chi connectivity index (χ3v) is 3.75. The van der Waals surface area contributed by atoms with Crippen LogP contribution in [0.4, 0.5) is 5.95 Å². The van der Waals surface area contributed by atoms with Crippen LogP contribution >= 0.6 is 11.3 Å². The summed E-state index contributed by atoms with van der Waals surface area (Å²) in [4.78, 5) is 9.74.